The Morgan fingerprint density at radius 2 is 1.94 bits per heavy atom. The van der Waals surface area contributed by atoms with Gasteiger partial charge >= 0.3 is 0 Å². The van der Waals surface area contributed by atoms with Crippen LogP contribution in [-0.2, 0) is 7.05 Å². The monoisotopic (exact) mass is 429 g/mol. The molecule has 10 heteroatoms. The second-order valence-corrected chi connectivity index (χ2v) is 8.16. The van der Waals surface area contributed by atoms with Crippen molar-refractivity contribution in [1.29, 1.82) is 0 Å². The lowest BCUT2D eigenvalue weighted by Gasteiger charge is -2.43. The molecule has 0 bridgehead atoms. The smallest absolute Gasteiger partial charge is 0.257 e. The Labute approximate surface area is 184 Å². The van der Waals surface area contributed by atoms with Gasteiger partial charge in [0.1, 0.15) is 11.5 Å². The average Bonchev–Trinajstić information content (AvgIpc) is 3.18. The van der Waals surface area contributed by atoms with E-state index >= 15 is 0 Å². The molecule has 1 fully saturated rings. The van der Waals surface area contributed by atoms with Crippen molar-refractivity contribution in [2.24, 2.45) is 7.05 Å². The first-order chi connectivity index (χ1) is 15.5. The van der Waals surface area contributed by atoms with Crippen LogP contribution in [-0.4, -0.2) is 74.2 Å². The molecule has 1 amide bonds. The fraction of sp³-hybridized carbons (Fsp3) is 0.273. The SMILES string of the molecule is CN(C)C1CN(c2cc(C(=O)Nc3cc4cc(-c5cn(C)nn5)ccc4nn3)ccn2)C1. The fourth-order valence-electron chi connectivity index (χ4n) is 3.64. The first-order valence-corrected chi connectivity index (χ1v) is 10.3. The van der Waals surface area contributed by atoms with Gasteiger partial charge in [0.05, 0.1) is 11.7 Å². The molecule has 1 aliphatic rings. The molecule has 0 atom stereocenters. The van der Waals surface area contributed by atoms with Crippen LogP contribution in [0.2, 0.25) is 0 Å². The summed E-state index contributed by atoms with van der Waals surface area (Å²) in [6.07, 6.45) is 3.50. The van der Waals surface area contributed by atoms with E-state index in [2.05, 4.69) is 54.7 Å². The van der Waals surface area contributed by atoms with Crippen molar-refractivity contribution in [3.05, 3.63) is 54.4 Å². The van der Waals surface area contributed by atoms with Crippen LogP contribution in [0.1, 0.15) is 10.4 Å². The maximum absolute atomic E-state index is 12.8. The number of fused-ring (bicyclic) bond motifs is 1. The highest BCUT2D eigenvalue weighted by molar-refractivity contribution is 6.04. The lowest BCUT2D eigenvalue weighted by Crippen LogP contribution is -2.57. The number of hydrogen-bond donors (Lipinski definition) is 1. The molecule has 0 radical (unpaired) electrons. The van der Waals surface area contributed by atoms with Gasteiger partial charge in [-0.3, -0.25) is 9.48 Å². The summed E-state index contributed by atoms with van der Waals surface area (Å²) < 4.78 is 1.65. The van der Waals surface area contributed by atoms with Gasteiger partial charge in [0.2, 0.25) is 0 Å². The van der Waals surface area contributed by atoms with E-state index in [1.807, 2.05) is 37.5 Å². The molecule has 0 spiro atoms. The van der Waals surface area contributed by atoms with Gasteiger partial charge in [-0.05, 0) is 44.4 Å². The summed E-state index contributed by atoms with van der Waals surface area (Å²) in [5, 5.41) is 20.2. The highest BCUT2D eigenvalue weighted by Gasteiger charge is 2.29. The van der Waals surface area contributed by atoms with E-state index in [0.717, 1.165) is 41.1 Å². The second kappa shape index (κ2) is 7.97. The van der Waals surface area contributed by atoms with E-state index < -0.39 is 0 Å². The van der Waals surface area contributed by atoms with E-state index in [0.29, 0.717) is 17.4 Å². The van der Waals surface area contributed by atoms with Crippen LogP contribution in [0.15, 0.2) is 48.8 Å². The molecule has 1 aliphatic heterocycles. The molecule has 0 unspecified atom stereocenters. The van der Waals surface area contributed by atoms with Crippen molar-refractivity contribution >= 4 is 28.4 Å². The van der Waals surface area contributed by atoms with E-state index in [9.17, 15) is 4.79 Å². The number of carbonyl (C=O) groups is 1. The standard InChI is InChI=1S/C22H23N9O/c1-29(2)17-11-31(12-17)21-10-15(6-7-23-21)22(32)24-20-9-16-8-14(4-5-18(16)25-27-20)19-13-30(3)28-26-19/h4-10,13,17H,11-12H2,1-3H3,(H,24,27,32). The van der Waals surface area contributed by atoms with Gasteiger partial charge in [0, 0.05) is 48.9 Å². The predicted octanol–water partition coefficient (Wildman–Crippen LogP) is 1.82. The van der Waals surface area contributed by atoms with Gasteiger partial charge in [-0.1, -0.05) is 11.3 Å². The number of rotatable bonds is 5. The Hall–Kier alpha value is -3.92. The molecule has 162 valence electrons. The number of aryl methyl sites for hydroxylation is 1. The Morgan fingerprint density at radius 1 is 1.09 bits per heavy atom. The summed E-state index contributed by atoms with van der Waals surface area (Å²) in [4.78, 5) is 21.6. The highest BCUT2D eigenvalue weighted by Crippen LogP contribution is 2.24. The van der Waals surface area contributed by atoms with Crippen LogP contribution in [0.5, 0.6) is 0 Å². The number of benzene rings is 1. The van der Waals surface area contributed by atoms with Crippen molar-refractivity contribution < 1.29 is 4.79 Å². The van der Waals surface area contributed by atoms with Crippen molar-refractivity contribution in [3.8, 4) is 11.3 Å². The molecule has 4 heterocycles. The second-order valence-electron chi connectivity index (χ2n) is 8.16. The van der Waals surface area contributed by atoms with Crippen molar-refractivity contribution in [2.45, 2.75) is 6.04 Å². The van der Waals surface area contributed by atoms with Crippen LogP contribution < -0.4 is 10.2 Å². The molecule has 4 aromatic rings. The molecular formula is C22H23N9O. The van der Waals surface area contributed by atoms with Crippen LogP contribution in [0, 0.1) is 0 Å². The number of aromatic nitrogens is 6. The molecule has 0 aliphatic carbocycles. The van der Waals surface area contributed by atoms with Crippen LogP contribution in [0.25, 0.3) is 22.2 Å². The number of likely N-dealkylation sites (N-methyl/N-ethyl adjacent to an activating group) is 1. The zero-order valence-corrected chi connectivity index (χ0v) is 18.1. The summed E-state index contributed by atoms with van der Waals surface area (Å²) in [7, 11) is 5.96. The summed E-state index contributed by atoms with van der Waals surface area (Å²) >= 11 is 0. The third-order valence-electron chi connectivity index (χ3n) is 5.65. The lowest BCUT2D eigenvalue weighted by molar-refractivity contribution is 0.102. The number of anilines is 2. The minimum atomic E-state index is -0.253. The van der Waals surface area contributed by atoms with Gasteiger partial charge in [-0.15, -0.1) is 15.3 Å². The van der Waals surface area contributed by atoms with Gasteiger partial charge in [0.25, 0.3) is 5.91 Å². The van der Waals surface area contributed by atoms with Gasteiger partial charge in [-0.25, -0.2) is 4.98 Å². The van der Waals surface area contributed by atoms with Crippen molar-refractivity contribution in [2.75, 3.05) is 37.4 Å². The van der Waals surface area contributed by atoms with Gasteiger partial charge < -0.3 is 15.1 Å². The number of nitrogens with zero attached hydrogens (tertiary/aromatic N) is 8. The Bertz CT molecular complexity index is 1290. The maximum Gasteiger partial charge on any atom is 0.257 e. The normalized spacial score (nSPS) is 14.1. The van der Waals surface area contributed by atoms with Gasteiger partial charge in [-0.2, -0.15) is 0 Å². The van der Waals surface area contributed by atoms with Crippen LogP contribution >= 0.6 is 0 Å². The zero-order chi connectivity index (χ0) is 22.2. The van der Waals surface area contributed by atoms with E-state index in [1.165, 1.54) is 0 Å². The summed E-state index contributed by atoms with van der Waals surface area (Å²) in [6, 6.07) is 11.6. The first-order valence-electron chi connectivity index (χ1n) is 10.3. The van der Waals surface area contributed by atoms with Crippen LogP contribution in [0.3, 0.4) is 0 Å². The molecule has 1 N–H and O–H groups in total. The molecule has 3 aromatic heterocycles. The summed E-state index contributed by atoms with van der Waals surface area (Å²) in [5.74, 6) is 0.930. The number of nitrogens with one attached hydrogen (secondary N) is 1. The number of amides is 1. The predicted molar refractivity (Wildman–Crippen MR) is 121 cm³/mol. The Kier molecular flexibility index (Phi) is 4.98. The average molecular weight is 429 g/mol. The summed E-state index contributed by atoms with van der Waals surface area (Å²) in [5.41, 5.74) is 2.94. The minimum absolute atomic E-state index is 0.253. The van der Waals surface area contributed by atoms with E-state index in [4.69, 9.17) is 0 Å². The van der Waals surface area contributed by atoms with Crippen molar-refractivity contribution in [1.82, 2.24) is 35.1 Å². The minimum Gasteiger partial charge on any atom is -0.353 e. The Balaban J connectivity index is 1.34. The van der Waals surface area contributed by atoms with E-state index in [1.54, 1.807) is 23.0 Å². The highest BCUT2D eigenvalue weighted by atomic mass is 16.1. The number of carbonyl (C=O) groups excluding carboxylic acids is 1. The number of pyridine rings is 1. The topological polar surface area (TPSA) is 105 Å². The molecule has 10 nitrogen and oxygen atoms in total. The molecular weight excluding hydrogens is 406 g/mol. The van der Waals surface area contributed by atoms with Crippen LogP contribution in [0.4, 0.5) is 11.6 Å². The number of hydrogen-bond acceptors (Lipinski definition) is 8. The summed E-state index contributed by atoms with van der Waals surface area (Å²) in [6.45, 7) is 1.80. The van der Waals surface area contributed by atoms with Gasteiger partial charge in [0.15, 0.2) is 5.82 Å². The van der Waals surface area contributed by atoms with E-state index in [-0.39, 0.29) is 5.91 Å². The molecule has 1 aromatic carbocycles. The lowest BCUT2D eigenvalue weighted by atomic mass is 10.1. The molecule has 0 saturated carbocycles. The molecule has 5 rings (SSSR count). The third-order valence-corrected chi connectivity index (χ3v) is 5.65. The largest absolute Gasteiger partial charge is 0.353 e. The molecule has 1 saturated heterocycles. The van der Waals surface area contributed by atoms with Crippen molar-refractivity contribution in [3.63, 3.8) is 0 Å². The third kappa shape index (κ3) is 3.87. The fourth-order valence-corrected chi connectivity index (χ4v) is 3.64. The zero-order valence-electron chi connectivity index (χ0n) is 18.1. The molecule has 32 heavy (non-hydrogen) atoms. The maximum atomic E-state index is 12.8. The first kappa shape index (κ1) is 20.0. The Morgan fingerprint density at radius 3 is 2.69 bits per heavy atom. The quantitative estimate of drug-likeness (QED) is 0.512.